The van der Waals surface area contributed by atoms with Crippen molar-refractivity contribution in [3.63, 3.8) is 0 Å². The highest BCUT2D eigenvalue weighted by Gasteiger charge is 2.31. The van der Waals surface area contributed by atoms with Crippen molar-refractivity contribution in [1.29, 1.82) is 0 Å². The lowest BCUT2D eigenvalue weighted by Crippen LogP contribution is -2.47. The third-order valence-electron chi connectivity index (χ3n) is 11.5. The van der Waals surface area contributed by atoms with E-state index in [-0.39, 0.29) is 62.1 Å². The summed E-state index contributed by atoms with van der Waals surface area (Å²) >= 11 is 11.9. The van der Waals surface area contributed by atoms with Crippen molar-refractivity contribution in [3.05, 3.63) is 127 Å². The number of aromatic nitrogens is 6. The summed E-state index contributed by atoms with van der Waals surface area (Å²) in [5.41, 5.74) is 2.15. The zero-order valence-electron chi connectivity index (χ0n) is 34.0. The monoisotopic (exact) mass is 896 g/mol. The summed E-state index contributed by atoms with van der Waals surface area (Å²) in [4.78, 5) is 67.8. The summed E-state index contributed by atoms with van der Waals surface area (Å²) in [5.74, 6) is -1.68. The molecule has 6 N–H and O–H groups in total. The van der Waals surface area contributed by atoms with E-state index >= 15 is 0 Å². The first kappa shape index (κ1) is 43.1. The summed E-state index contributed by atoms with van der Waals surface area (Å²) in [7, 11) is 0. The average molecular weight is 898 g/mol. The molecular formula is C44H43Cl2FN10O6. The van der Waals surface area contributed by atoms with Gasteiger partial charge in [0.15, 0.2) is 17.4 Å². The van der Waals surface area contributed by atoms with Gasteiger partial charge in [0.25, 0.3) is 5.91 Å². The molecule has 2 amide bonds. The van der Waals surface area contributed by atoms with Crippen LogP contribution in [0.3, 0.4) is 0 Å². The van der Waals surface area contributed by atoms with Crippen LogP contribution in [0.4, 0.5) is 16.0 Å². The number of aromatic hydroxyl groups is 2. The number of H-pyrrole nitrogens is 2. The summed E-state index contributed by atoms with van der Waals surface area (Å²) in [6.45, 7) is 5.36. The molecule has 63 heavy (non-hydrogen) atoms. The fourth-order valence-electron chi connectivity index (χ4n) is 8.03. The van der Waals surface area contributed by atoms with E-state index in [2.05, 4.69) is 40.7 Å². The first-order valence-electron chi connectivity index (χ1n) is 20.5. The molecule has 326 valence electrons. The predicted octanol–water partition coefficient (Wildman–Crippen LogP) is 6.56. The van der Waals surface area contributed by atoms with Gasteiger partial charge in [0.05, 0.1) is 44.9 Å². The Morgan fingerprint density at radius 2 is 1.60 bits per heavy atom. The molecule has 0 saturated carbocycles. The van der Waals surface area contributed by atoms with Gasteiger partial charge in [-0.15, -0.1) is 0 Å². The smallest absolute Gasteiger partial charge is 0.348 e. The molecule has 2 fully saturated rings. The van der Waals surface area contributed by atoms with E-state index in [9.17, 15) is 33.8 Å². The molecule has 3 aromatic carbocycles. The number of phenols is 2. The Morgan fingerprint density at radius 3 is 2.30 bits per heavy atom. The van der Waals surface area contributed by atoms with Gasteiger partial charge in [-0.1, -0.05) is 42.3 Å². The Morgan fingerprint density at radius 1 is 0.905 bits per heavy atom. The van der Waals surface area contributed by atoms with E-state index < -0.39 is 23.2 Å². The number of nitrogens with one attached hydrogen (secondary N) is 4. The standard InChI is InChI=1S/C44H43Cl2FN10O6/c1-2-25-17-31(36(59)19-35(25)58)40-53-54-44(63)57(40)30-5-3-24(4-6-30)23-55-13-9-26(10-14-55)42(62)56-15-11-28(12-16-56)52-43-49-21-29(22-50-43)51-41(61)34-18-27(20-48-34)39(60)37-32(45)7-8-33(46)38(37)47/h3-8,17-22,26,28,48,58-59H,2,9-16,23H2,1H3,(H,51,61)(H,54,63)(H,49,50,52). The molecule has 19 heteroatoms. The fraction of sp³-hybridized carbons (Fsp3) is 0.295. The molecule has 0 aliphatic carbocycles. The maximum atomic E-state index is 14.5. The number of hydrogen-bond acceptors (Lipinski definition) is 11. The number of phenolic OH excluding ortho intramolecular Hbond substituents is 2. The highest BCUT2D eigenvalue weighted by atomic mass is 35.5. The largest absolute Gasteiger partial charge is 0.508 e. The van der Waals surface area contributed by atoms with Crippen molar-refractivity contribution in [2.75, 3.05) is 36.8 Å². The Bertz CT molecular complexity index is 2720. The molecule has 0 atom stereocenters. The summed E-state index contributed by atoms with van der Waals surface area (Å²) in [6.07, 6.45) is 7.70. The van der Waals surface area contributed by atoms with Gasteiger partial charge >= 0.3 is 5.69 Å². The molecular weight excluding hydrogens is 854 g/mol. The van der Waals surface area contributed by atoms with Crippen LogP contribution < -0.4 is 16.3 Å². The van der Waals surface area contributed by atoms with Crippen LogP contribution in [0.2, 0.25) is 10.0 Å². The van der Waals surface area contributed by atoms with Crippen molar-refractivity contribution in [2.24, 2.45) is 5.92 Å². The first-order chi connectivity index (χ1) is 30.4. The summed E-state index contributed by atoms with van der Waals surface area (Å²) in [6, 6.07) is 14.4. The topological polar surface area (TPSA) is 214 Å². The second kappa shape index (κ2) is 18.4. The zero-order valence-corrected chi connectivity index (χ0v) is 35.5. The number of aryl methyl sites for hydroxylation is 1. The highest BCUT2D eigenvalue weighted by Crippen LogP contribution is 2.35. The van der Waals surface area contributed by atoms with Crippen LogP contribution in [0.1, 0.15) is 70.1 Å². The molecule has 2 aliphatic heterocycles. The number of hydrogen-bond donors (Lipinski definition) is 6. The van der Waals surface area contributed by atoms with E-state index in [1.54, 1.807) is 6.07 Å². The number of carbonyl (C=O) groups is 3. The van der Waals surface area contributed by atoms with Crippen LogP contribution in [0.25, 0.3) is 17.1 Å². The van der Waals surface area contributed by atoms with Crippen LogP contribution in [0.5, 0.6) is 11.5 Å². The van der Waals surface area contributed by atoms with E-state index in [0.29, 0.717) is 54.5 Å². The SMILES string of the molecule is CCc1cc(-c2n[nH]c(=O)n2-c2ccc(CN3CCC(C(=O)N4CCC(Nc5ncc(NC(=O)c6cc(C(=O)c7c(Cl)ccc(Cl)c7F)c[nH]6)cn5)CC4)CC3)cc2)c(O)cc1O. The third kappa shape index (κ3) is 9.31. The molecule has 2 saturated heterocycles. The van der Waals surface area contributed by atoms with Crippen molar-refractivity contribution in [2.45, 2.75) is 51.6 Å². The van der Waals surface area contributed by atoms with Crippen molar-refractivity contribution in [3.8, 4) is 28.6 Å². The number of ketones is 1. The van der Waals surface area contributed by atoms with E-state index in [1.807, 2.05) is 36.1 Å². The zero-order chi connectivity index (χ0) is 44.4. The predicted molar refractivity (Wildman–Crippen MR) is 234 cm³/mol. The van der Waals surface area contributed by atoms with E-state index in [1.165, 1.54) is 47.4 Å². The number of amides is 2. The molecule has 0 radical (unpaired) electrons. The number of carbonyl (C=O) groups excluding carboxylic acids is 3. The van der Waals surface area contributed by atoms with Gasteiger partial charge < -0.3 is 30.7 Å². The number of benzene rings is 3. The molecule has 0 spiro atoms. The molecule has 0 bridgehead atoms. The Labute approximate surface area is 370 Å². The van der Waals surface area contributed by atoms with Gasteiger partial charge in [0, 0.05) is 49.4 Å². The molecule has 6 aromatic rings. The van der Waals surface area contributed by atoms with Crippen LogP contribution >= 0.6 is 23.2 Å². The third-order valence-corrected chi connectivity index (χ3v) is 12.1. The van der Waals surface area contributed by atoms with Crippen molar-refractivity contribution < 1.29 is 29.0 Å². The molecule has 5 heterocycles. The minimum Gasteiger partial charge on any atom is -0.508 e. The number of piperidine rings is 2. The van der Waals surface area contributed by atoms with Crippen LogP contribution in [-0.4, -0.2) is 99.5 Å². The number of rotatable bonds is 12. The highest BCUT2D eigenvalue weighted by molar-refractivity contribution is 6.37. The van der Waals surface area contributed by atoms with Gasteiger partial charge in [-0.05, 0) is 92.7 Å². The number of anilines is 2. The maximum absolute atomic E-state index is 14.5. The number of likely N-dealkylation sites (tertiary alicyclic amines) is 2. The van der Waals surface area contributed by atoms with E-state index in [4.69, 9.17) is 23.2 Å². The lowest BCUT2D eigenvalue weighted by Gasteiger charge is -2.37. The van der Waals surface area contributed by atoms with Crippen LogP contribution in [0.15, 0.2) is 78.0 Å². The van der Waals surface area contributed by atoms with Gasteiger partial charge in [0.2, 0.25) is 11.9 Å². The molecule has 0 unspecified atom stereocenters. The summed E-state index contributed by atoms with van der Waals surface area (Å²) < 4.78 is 15.9. The maximum Gasteiger partial charge on any atom is 0.348 e. The van der Waals surface area contributed by atoms with Crippen molar-refractivity contribution >= 4 is 52.4 Å². The fourth-order valence-corrected chi connectivity index (χ4v) is 8.42. The second-order valence-electron chi connectivity index (χ2n) is 15.6. The number of halogens is 3. The van der Waals surface area contributed by atoms with Gasteiger partial charge in [-0.2, -0.15) is 5.10 Å². The van der Waals surface area contributed by atoms with Crippen molar-refractivity contribution in [1.82, 2.24) is 39.5 Å². The first-order valence-corrected chi connectivity index (χ1v) is 21.2. The Kier molecular flexibility index (Phi) is 12.6. The second-order valence-corrected chi connectivity index (χ2v) is 16.4. The Balaban J connectivity index is 0.775. The van der Waals surface area contributed by atoms with Crippen LogP contribution in [0, 0.1) is 11.7 Å². The lowest BCUT2D eigenvalue weighted by atomic mass is 9.93. The molecule has 8 rings (SSSR count). The van der Waals surface area contributed by atoms with Gasteiger partial charge in [0.1, 0.15) is 17.2 Å². The normalized spacial score (nSPS) is 15.1. The number of nitrogens with zero attached hydrogens (tertiary/aromatic N) is 6. The minimum atomic E-state index is -0.941. The van der Waals surface area contributed by atoms with Gasteiger partial charge in [-0.25, -0.2) is 28.8 Å². The van der Waals surface area contributed by atoms with Crippen LogP contribution in [-0.2, 0) is 17.8 Å². The molecule has 3 aromatic heterocycles. The minimum absolute atomic E-state index is 0.0213. The lowest BCUT2D eigenvalue weighted by molar-refractivity contribution is -0.138. The molecule has 16 nitrogen and oxygen atoms in total. The van der Waals surface area contributed by atoms with E-state index in [0.717, 1.165) is 44.3 Å². The quantitative estimate of drug-likeness (QED) is 0.0571. The van der Waals surface area contributed by atoms with Gasteiger partial charge in [-0.3, -0.25) is 19.3 Å². The average Bonchev–Trinajstić information content (AvgIpc) is 3.94. The Hall–Kier alpha value is -6.56. The number of aromatic amines is 2. The molecule has 2 aliphatic rings. The summed E-state index contributed by atoms with van der Waals surface area (Å²) in [5, 5.41) is 33.0.